The van der Waals surface area contributed by atoms with E-state index in [2.05, 4.69) is 20.2 Å². The summed E-state index contributed by atoms with van der Waals surface area (Å²) >= 11 is 0. The molecule has 2 aliphatic heterocycles. The SMILES string of the molecule is Cn1cnc2c1[C@H](C(=O)NCc1ccccn1)CN(C1CCOCC1)C2. The first-order valence-corrected chi connectivity index (χ1v) is 9.22. The third-order valence-corrected chi connectivity index (χ3v) is 5.36. The smallest absolute Gasteiger partial charge is 0.230 e. The zero-order valence-electron chi connectivity index (χ0n) is 15.1. The van der Waals surface area contributed by atoms with E-state index in [4.69, 9.17) is 4.74 Å². The number of hydrogen-bond acceptors (Lipinski definition) is 5. The zero-order chi connectivity index (χ0) is 17.9. The average Bonchev–Trinajstić information content (AvgIpc) is 3.08. The van der Waals surface area contributed by atoms with Crippen LogP contribution in [0.25, 0.3) is 0 Å². The predicted octanol–water partition coefficient (Wildman–Crippen LogP) is 1.21. The van der Waals surface area contributed by atoms with Gasteiger partial charge in [0.25, 0.3) is 0 Å². The van der Waals surface area contributed by atoms with Crippen LogP contribution in [0.2, 0.25) is 0 Å². The van der Waals surface area contributed by atoms with Gasteiger partial charge < -0.3 is 14.6 Å². The quantitative estimate of drug-likeness (QED) is 0.893. The fraction of sp³-hybridized carbons (Fsp3) is 0.526. The van der Waals surface area contributed by atoms with Gasteiger partial charge in [-0.05, 0) is 25.0 Å². The number of carbonyl (C=O) groups excluding carboxylic acids is 1. The van der Waals surface area contributed by atoms with E-state index < -0.39 is 0 Å². The van der Waals surface area contributed by atoms with Crippen LogP contribution in [0.4, 0.5) is 0 Å². The van der Waals surface area contributed by atoms with Crippen molar-refractivity contribution in [2.45, 2.75) is 37.9 Å². The van der Waals surface area contributed by atoms with Crippen LogP contribution in [0.3, 0.4) is 0 Å². The fourth-order valence-corrected chi connectivity index (χ4v) is 3.97. The molecule has 0 bridgehead atoms. The molecule has 138 valence electrons. The second-order valence-electron chi connectivity index (χ2n) is 7.05. The van der Waals surface area contributed by atoms with E-state index in [0.29, 0.717) is 12.6 Å². The van der Waals surface area contributed by atoms with Gasteiger partial charge in [0.15, 0.2) is 0 Å². The van der Waals surface area contributed by atoms with Crippen molar-refractivity contribution >= 4 is 5.91 Å². The summed E-state index contributed by atoms with van der Waals surface area (Å²) in [6, 6.07) is 6.19. The minimum absolute atomic E-state index is 0.0391. The number of imidazole rings is 1. The minimum atomic E-state index is -0.210. The van der Waals surface area contributed by atoms with E-state index in [1.54, 1.807) is 6.20 Å². The summed E-state index contributed by atoms with van der Waals surface area (Å²) in [6.07, 6.45) is 5.60. The molecule has 0 saturated carbocycles. The van der Waals surface area contributed by atoms with Gasteiger partial charge >= 0.3 is 0 Å². The van der Waals surface area contributed by atoms with Gasteiger partial charge in [0.1, 0.15) is 0 Å². The van der Waals surface area contributed by atoms with Crippen LogP contribution >= 0.6 is 0 Å². The van der Waals surface area contributed by atoms with Crippen molar-refractivity contribution in [1.29, 1.82) is 0 Å². The standard InChI is InChI=1S/C19H25N5O2/c1-23-13-22-17-12-24(15-5-8-26-9-6-15)11-16(18(17)23)19(25)21-10-14-4-2-3-7-20-14/h2-4,7,13,15-16H,5-6,8-12H2,1H3,(H,21,25)/t16-/m1/s1. The maximum atomic E-state index is 13.0. The molecule has 26 heavy (non-hydrogen) atoms. The molecular weight excluding hydrogens is 330 g/mol. The van der Waals surface area contributed by atoms with Crippen molar-refractivity contribution in [2.24, 2.45) is 7.05 Å². The van der Waals surface area contributed by atoms with Gasteiger partial charge in [-0.1, -0.05) is 6.07 Å². The lowest BCUT2D eigenvalue weighted by Gasteiger charge is -2.39. The molecule has 0 aliphatic carbocycles. The Balaban J connectivity index is 1.50. The number of aryl methyl sites for hydroxylation is 1. The third-order valence-electron chi connectivity index (χ3n) is 5.36. The molecule has 0 aromatic carbocycles. The number of fused-ring (bicyclic) bond motifs is 1. The summed E-state index contributed by atoms with van der Waals surface area (Å²) in [5.41, 5.74) is 2.92. The molecule has 0 unspecified atom stereocenters. The summed E-state index contributed by atoms with van der Waals surface area (Å²) in [6.45, 7) is 3.58. The summed E-state index contributed by atoms with van der Waals surface area (Å²) < 4.78 is 7.48. The highest BCUT2D eigenvalue weighted by Crippen LogP contribution is 2.30. The lowest BCUT2D eigenvalue weighted by atomic mass is 9.94. The Kier molecular flexibility index (Phi) is 4.99. The van der Waals surface area contributed by atoms with E-state index in [1.165, 1.54) is 0 Å². The van der Waals surface area contributed by atoms with Crippen molar-refractivity contribution in [2.75, 3.05) is 19.8 Å². The number of nitrogens with zero attached hydrogens (tertiary/aromatic N) is 4. The molecule has 7 nitrogen and oxygen atoms in total. The van der Waals surface area contributed by atoms with Gasteiger partial charge in [0.05, 0.1) is 35.9 Å². The molecule has 1 fully saturated rings. The predicted molar refractivity (Wildman–Crippen MR) is 96.3 cm³/mol. The molecule has 1 saturated heterocycles. The van der Waals surface area contributed by atoms with Crippen LogP contribution in [0.5, 0.6) is 0 Å². The van der Waals surface area contributed by atoms with Gasteiger partial charge in [-0.15, -0.1) is 0 Å². The minimum Gasteiger partial charge on any atom is -0.381 e. The maximum Gasteiger partial charge on any atom is 0.230 e. The average molecular weight is 355 g/mol. The molecule has 0 spiro atoms. The fourth-order valence-electron chi connectivity index (χ4n) is 3.97. The maximum absolute atomic E-state index is 13.0. The molecule has 0 radical (unpaired) electrons. The Morgan fingerprint density at radius 2 is 2.15 bits per heavy atom. The van der Waals surface area contributed by atoms with Crippen LogP contribution in [0.15, 0.2) is 30.7 Å². The monoisotopic (exact) mass is 355 g/mol. The molecular formula is C19H25N5O2. The summed E-state index contributed by atoms with van der Waals surface area (Å²) in [5.74, 6) is -0.171. The van der Waals surface area contributed by atoms with Crippen LogP contribution in [-0.4, -0.2) is 51.1 Å². The molecule has 1 N–H and O–H groups in total. The Morgan fingerprint density at radius 1 is 1.31 bits per heavy atom. The van der Waals surface area contributed by atoms with Crippen LogP contribution in [-0.2, 0) is 29.7 Å². The van der Waals surface area contributed by atoms with Crippen LogP contribution in [0.1, 0.15) is 35.8 Å². The molecule has 2 aromatic rings. The number of rotatable bonds is 4. The Bertz CT molecular complexity index is 755. The first-order valence-electron chi connectivity index (χ1n) is 9.22. The second kappa shape index (κ2) is 7.55. The molecule has 4 heterocycles. The van der Waals surface area contributed by atoms with Gasteiger partial charge in [-0.25, -0.2) is 4.98 Å². The second-order valence-corrected chi connectivity index (χ2v) is 7.05. The Hall–Kier alpha value is -2.25. The molecule has 1 amide bonds. The number of pyridine rings is 1. The number of hydrogen-bond donors (Lipinski definition) is 1. The van der Waals surface area contributed by atoms with Gasteiger partial charge in [-0.3, -0.25) is 14.7 Å². The lowest BCUT2D eigenvalue weighted by Crippen LogP contribution is -2.47. The van der Waals surface area contributed by atoms with Gasteiger partial charge in [-0.2, -0.15) is 0 Å². The normalized spacial score (nSPS) is 21.3. The highest BCUT2D eigenvalue weighted by molar-refractivity contribution is 5.84. The Morgan fingerprint density at radius 3 is 2.92 bits per heavy atom. The van der Waals surface area contributed by atoms with Crippen molar-refractivity contribution in [3.05, 3.63) is 47.8 Å². The topological polar surface area (TPSA) is 72.3 Å². The molecule has 4 rings (SSSR count). The third kappa shape index (κ3) is 3.50. The largest absolute Gasteiger partial charge is 0.381 e. The molecule has 2 aromatic heterocycles. The number of carbonyl (C=O) groups is 1. The van der Waals surface area contributed by atoms with E-state index in [1.807, 2.05) is 36.1 Å². The molecule has 7 heteroatoms. The number of ether oxygens (including phenoxy) is 1. The summed E-state index contributed by atoms with van der Waals surface area (Å²) in [7, 11) is 1.97. The first-order chi connectivity index (χ1) is 12.7. The highest BCUT2D eigenvalue weighted by atomic mass is 16.5. The van der Waals surface area contributed by atoms with Crippen LogP contribution < -0.4 is 5.32 Å². The summed E-state index contributed by atoms with van der Waals surface area (Å²) in [5, 5.41) is 3.06. The first kappa shape index (κ1) is 17.2. The van der Waals surface area contributed by atoms with Crippen molar-refractivity contribution in [3.63, 3.8) is 0 Å². The van der Waals surface area contributed by atoms with Gasteiger partial charge in [0.2, 0.25) is 5.91 Å². The molecule has 2 aliphatic rings. The van der Waals surface area contributed by atoms with E-state index in [0.717, 1.165) is 56.2 Å². The van der Waals surface area contributed by atoms with Crippen LogP contribution in [0, 0.1) is 0 Å². The Labute approximate surface area is 153 Å². The van der Waals surface area contributed by atoms with Gasteiger partial charge in [0, 0.05) is 45.6 Å². The van der Waals surface area contributed by atoms with Crippen molar-refractivity contribution in [1.82, 2.24) is 24.8 Å². The number of amides is 1. The van der Waals surface area contributed by atoms with E-state index >= 15 is 0 Å². The zero-order valence-corrected chi connectivity index (χ0v) is 15.1. The molecule has 1 atom stereocenters. The van der Waals surface area contributed by atoms with Crippen molar-refractivity contribution in [3.8, 4) is 0 Å². The number of aromatic nitrogens is 3. The lowest BCUT2D eigenvalue weighted by molar-refractivity contribution is -0.124. The number of nitrogens with one attached hydrogen (secondary N) is 1. The van der Waals surface area contributed by atoms with E-state index in [-0.39, 0.29) is 11.8 Å². The van der Waals surface area contributed by atoms with E-state index in [9.17, 15) is 4.79 Å². The van der Waals surface area contributed by atoms with Crippen molar-refractivity contribution < 1.29 is 9.53 Å². The highest BCUT2D eigenvalue weighted by Gasteiger charge is 2.36. The summed E-state index contributed by atoms with van der Waals surface area (Å²) in [4.78, 5) is 24.2.